The number of hydrogen-bond acceptors (Lipinski definition) is 4. The van der Waals surface area contributed by atoms with E-state index in [4.69, 9.17) is 9.47 Å². The topological polar surface area (TPSA) is 65.4 Å². The van der Waals surface area contributed by atoms with Crippen LogP contribution in [0.5, 0.6) is 11.5 Å². The number of nitrogens with zero attached hydrogens (tertiary/aromatic N) is 2. The van der Waals surface area contributed by atoms with Gasteiger partial charge < -0.3 is 14.8 Å². The molecule has 0 spiro atoms. The molecule has 0 saturated heterocycles. The molecule has 4 rings (SSSR count). The van der Waals surface area contributed by atoms with Crippen LogP contribution in [0.25, 0.3) is 6.08 Å². The number of methoxy groups -OCH3 is 1. The molecule has 7 heteroatoms. The first-order chi connectivity index (χ1) is 17.0. The molecular weight excluding hydrogens is 445 g/mol. The molecule has 0 radical (unpaired) electrons. The summed E-state index contributed by atoms with van der Waals surface area (Å²) in [6.45, 7) is 2.74. The molecule has 0 aliphatic rings. The summed E-state index contributed by atoms with van der Waals surface area (Å²) in [5, 5.41) is 7.01. The molecular formula is C28H26FN3O3. The van der Waals surface area contributed by atoms with Crippen LogP contribution in [0.4, 0.5) is 10.1 Å². The Balaban J connectivity index is 1.37. The Morgan fingerprint density at radius 2 is 1.94 bits per heavy atom. The number of carbonyl (C=O) groups excluding carboxylic acids is 1. The van der Waals surface area contributed by atoms with Crippen molar-refractivity contribution in [3.05, 3.63) is 113 Å². The SMILES string of the molecule is COc1ccc(/C=C/C(=O)Nc2cnn(Cc3cccc(F)c3)c2)cc1COc1ccccc1C. The fourth-order valence-electron chi connectivity index (χ4n) is 3.58. The number of rotatable bonds is 9. The maximum Gasteiger partial charge on any atom is 0.248 e. The Bertz CT molecular complexity index is 1350. The van der Waals surface area contributed by atoms with Crippen LogP contribution in [0.3, 0.4) is 0 Å². The molecule has 3 aromatic carbocycles. The summed E-state index contributed by atoms with van der Waals surface area (Å²) in [5.74, 6) is 0.944. The predicted molar refractivity (Wildman–Crippen MR) is 134 cm³/mol. The molecule has 1 amide bonds. The van der Waals surface area contributed by atoms with Crippen molar-refractivity contribution in [2.75, 3.05) is 12.4 Å². The van der Waals surface area contributed by atoms with E-state index in [-0.39, 0.29) is 11.7 Å². The molecule has 178 valence electrons. The van der Waals surface area contributed by atoms with E-state index in [1.54, 1.807) is 36.3 Å². The maximum atomic E-state index is 13.4. The second-order valence-electron chi connectivity index (χ2n) is 8.00. The molecule has 1 heterocycles. The van der Waals surface area contributed by atoms with Gasteiger partial charge in [-0.05, 0) is 60.0 Å². The smallest absolute Gasteiger partial charge is 0.248 e. The molecule has 0 bridgehead atoms. The lowest BCUT2D eigenvalue weighted by Crippen LogP contribution is -2.07. The van der Waals surface area contributed by atoms with E-state index in [2.05, 4.69) is 10.4 Å². The number of halogens is 1. The van der Waals surface area contributed by atoms with Gasteiger partial charge in [-0.1, -0.05) is 36.4 Å². The van der Waals surface area contributed by atoms with Crippen LogP contribution in [0.1, 0.15) is 22.3 Å². The number of hydrogen-bond donors (Lipinski definition) is 1. The Labute approximate surface area is 203 Å². The van der Waals surface area contributed by atoms with Gasteiger partial charge in [0.25, 0.3) is 0 Å². The van der Waals surface area contributed by atoms with E-state index in [1.165, 1.54) is 18.2 Å². The number of carbonyl (C=O) groups is 1. The number of aryl methyl sites for hydroxylation is 1. The maximum absolute atomic E-state index is 13.4. The van der Waals surface area contributed by atoms with Crippen LogP contribution in [0.15, 0.2) is 85.2 Å². The van der Waals surface area contributed by atoms with Crippen molar-refractivity contribution in [2.45, 2.75) is 20.1 Å². The molecule has 0 aliphatic heterocycles. The average Bonchev–Trinajstić information content (AvgIpc) is 3.28. The van der Waals surface area contributed by atoms with Gasteiger partial charge in [0, 0.05) is 17.8 Å². The minimum absolute atomic E-state index is 0.288. The summed E-state index contributed by atoms with van der Waals surface area (Å²) in [7, 11) is 1.62. The van der Waals surface area contributed by atoms with Crippen LogP contribution in [0, 0.1) is 12.7 Å². The lowest BCUT2D eigenvalue weighted by Gasteiger charge is -2.12. The minimum Gasteiger partial charge on any atom is -0.496 e. The number of ether oxygens (including phenoxy) is 2. The highest BCUT2D eigenvalue weighted by atomic mass is 19.1. The average molecular weight is 472 g/mol. The van der Waals surface area contributed by atoms with Crippen LogP contribution < -0.4 is 14.8 Å². The normalized spacial score (nSPS) is 10.9. The van der Waals surface area contributed by atoms with Gasteiger partial charge in [-0.25, -0.2) is 4.39 Å². The van der Waals surface area contributed by atoms with Gasteiger partial charge in [0.15, 0.2) is 0 Å². The van der Waals surface area contributed by atoms with Gasteiger partial charge in [-0.3, -0.25) is 9.48 Å². The summed E-state index contributed by atoms with van der Waals surface area (Å²) in [4.78, 5) is 12.4. The number of anilines is 1. The zero-order chi connectivity index (χ0) is 24.6. The van der Waals surface area contributed by atoms with Crippen molar-refractivity contribution in [1.82, 2.24) is 9.78 Å². The summed E-state index contributed by atoms with van der Waals surface area (Å²) in [6.07, 6.45) is 6.44. The summed E-state index contributed by atoms with van der Waals surface area (Å²) >= 11 is 0. The van der Waals surface area contributed by atoms with Gasteiger partial charge in [0.1, 0.15) is 23.9 Å². The third kappa shape index (κ3) is 6.57. The number of para-hydroxylation sites is 1. The Kier molecular flexibility index (Phi) is 7.57. The molecule has 0 atom stereocenters. The molecule has 6 nitrogen and oxygen atoms in total. The largest absolute Gasteiger partial charge is 0.496 e. The zero-order valence-electron chi connectivity index (χ0n) is 19.6. The van der Waals surface area contributed by atoms with Gasteiger partial charge in [0.05, 0.1) is 25.5 Å². The lowest BCUT2D eigenvalue weighted by molar-refractivity contribution is -0.111. The molecule has 1 aromatic heterocycles. The van der Waals surface area contributed by atoms with E-state index in [9.17, 15) is 9.18 Å². The van der Waals surface area contributed by atoms with E-state index in [0.717, 1.165) is 28.0 Å². The fourth-order valence-corrected chi connectivity index (χ4v) is 3.58. The van der Waals surface area contributed by atoms with Gasteiger partial charge >= 0.3 is 0 Å². The predicted octanol–water partition coefficient (Wildman–Crippen LogP) is 5.62. The van der Waals surface area contributed by atoms with Crippen LogP contribution in [-0.4, -0.2) is 22.8 Å². The van der Waals surface area contributed by atoms with Crippen molar-refractivity contribution < 1.29 is 18.7 Å². The highest BCUT2D eigenvalue weighted by Crippen LogP contribution is 2.24. The second kappa shape index (κ2) is 11.2. The Morgan fingerprint density at radius 3 is 2.74 bits per heavy atom. The lowest BCUT2D eigenvalue weighted by atomic mass is 10.1. The van der Waals surface area contributed by atoms with Crippen molar-refractivity contribution in [3.8, 4) is 11.5 Å². The van der Waals surface area contributed by atoms with Gasteiger partial charge in [-0.2, -0.15) is 5.10 Å². The third-order valence-electron chi connectivity index (χ3n) is 5.34. The van der Waals surface area contributed by atoms with Crippen LogP contribution in [-0.2, 0) is 17.9 Å². The molecule has 0 saturated carbocycles. The molecule has 0 aliphatic carbocycles. The van der Waals surface area contributed by atoms with Crippen LogP contribution >= 0.6 is 0 Å². The van der Waals surface area contributed by atoms with E-state index in [1.807, 2.05) is 55.5 Å². The first-order valence-corrected chi connectivity index (χ1v) is 11.1. The monoisotopic (exact) mass is 471 g/mol. The van der Waals surface area contributed by atoms with Crippen molar-refractivity contribution >= 4 is 17.7 Å². The molecule has 4 aromatic rings. The third-order valence-corrected chi connectivity index (χ3v) is 5.34. The van der Waals surface area contributed by atoms with Crippen LogP contribution in [0.2, 0.25) is 0 Å². The quantitative estimate of drug-likeness (QED) is 0.322. The van der Waals surface area contributed by atoms with E-state index in [0.29, 0.717) is 24.6 Å². The minimum atomic E-state index is -0.295. The first kappa shape index (κ1) is 23.8. The first-order valence-electron chi connectivity index (χ1n) is 11.1. The number of nitrogens with one attached hydrogen (secondary N) is 1. The number of benzene rings is 3. The van der Waals surface area contributed by atoms with Gasteiger partial charge in [0.2, 0.25) is 5.91 Å². The molecule has 0 unspecified atom stereocenters. The summed E-state index contributed by atoms with van der Waals surface area (Å²) in [6, 6.07) is 19.8. The molecule has 1 N–H and O–H groups in total. The second-order valence-corrected chi connectivity index (χ2v) is 8.00. The Morgan fingerprint density at radius 1 is 1.09 bits per heavy atom. The summed E-state index contributed by atoms with van der Waals surface area (Å²) < 4.78 is 26.4. The van der Waals surface area contributed by atoms with Crippen molar-refractivity contribution in [2.24, 2.45) is 0 Å². The highest BCUT2D eigenvalue weighted by Gasteiger charge is 2.07. The van der Waals surface area contributed by atoms with E-state index >= 15 is 0 Å². The highest BCUT2D eigenvalue weighted by molar-refractivity contribution is 6.01. The molecule has 35 heavy (non-hydrogen) atoms. The number of aromatic nitrogens is 2. The fraction of sp³-hybridized carbons (Fsp3) is 0.143. The number of amides is 1. The van der Waals surface area contributed by atoms with Crippen molar-refractivity contribution in [3.63, 3.8) is 0 Å². The Hall–Kier alpha value is -4.39. The standard InChI is InChI=1S/C28H26FN3O3/c1-20-6-3-4-9-26(20)35-19-23-14-21(10-12-27(23)34-2)11-13-28(33)31-25-16-30-32(18-25)17-22-7-5-8-24(29)15-22/h3-16,18H,17,19H2,1-2H3,(H,31,33)/b13-11+. The summed E-state index contributed by atoms with van der Waals surface area (Å²) in [5.41, 5.74) is 4.10. The molecule has 0 fully saturated rings. The van der Waals surface area contributed by atoms with Gasteiger partial charge in [-0.15, -0.1) is 0 Å². The zero-order valence-corrected chi connectivity index (χ0v) is 19.6. The van der Waals surface area contributed by atoms with E-state index < -0.39 is 0 Å². The van der Waals surface area contributed by atoms with Crippen molar-refractivity contribution in [1.29, 1.82) is 0 Å².